The fourth-order valence-electron chi connectivity index (χ4n) is 1.35. The van der Waals surface area contributed by atoms with Gasteiger partial charge in [-0.3, -0.25) is 0 Å². The summed E-state index contributed by atoms with van der Waals surface area (Å²) in [5.41, 5.74) is 1.20. The van der Waals surface area contributed by atoms with E-state index in [1.54, 1.807) is 12.1 Å². The van der Waals surface area contributed by atoms with E-state index in [2.05, 4.69) is 0 Å². The Morgan fingerprint density at radius 3 is 2.31 bits per heavy atom. The molecule has 0 aliphatic carbocycles. The monoisotopic (exact) mass is 262 g/mol. The van der Waals surface area contributed by atoms with Crippen molar-refractivity contribution in [3.63, 3.8) is 0 Å². The summed E-state index contributed by atoms with van der Waals surface area (Å²) in [5, 5.41) is 9.54. The Morgan fingerprint density at radius 2 is 1.88 bits per heavy atom. The summed E-state index contributed by atoms with van der Waals surface area (Å²) >= 11 is 0. The molecule has 1 N–H and O–H groups in total. The van der Waals surface area contributed by atoms with Crippen molar-refractivity contribution in [2.24, 2.45) is 0 Å². The van der Waals surface area contributed by atoms with Crippen LogP contribution in [0.25, 0.3) is 0 Å². The average molecular weight is 263 g/mol. The molecule has 0 radical (unpaired) electrons. The Balaban J connectivity index is 3.20. The van der Waals surface area contributed by atoms with E-state index in [0.717, 1.165) is 5.56 Å². The molecule has 1 rings (SSSR count). The molecule has 0 aliphatic rings. The smallest absolute Gasteiger partial charge is 0.236 e. The molecule has 90 valence electrons. The topological polar surface area (TPSA) is 54.4 Å². The lowest BCUT2D eigenvalue weighted by molar-refractivity contribution is 0.468. The van der Waals surface area contributed by atoms with Gasteiger partial charge in [-0.2, -0.15) is 0 Å². The zero-order valence-corrected chi connectivity index (χ0v) is 11.1. The third kappa shape index (κ3) is 3.68. The lowest BCUT2D eigenvalue weighted by Crippen LogP contribution is -2.11. The number of hydrogen-bond donors (Lipinski definition) is 1. The highest BCUT2D eigenvalue weighted by atomic mass is 35.7. The van der Waals surface area contributed by atoms with Crippen LogP contribution in [0.4, 0.5) is 0 Å². The number of aromatic hydroxyl groups is 1. The lowest BCUT2D eigenvalue weighted by atomic mass is 9.86. The van der Waals surface area contributed by atoms with E-state index < -0.39 is 9.05 Å². The number of hydrogen-bond acceptors (Lipinski definition) is 3. The van der Waals surface area contributed by atoms with Crippen molar-refractivity contribution in [3.8, 4) is 5.75 Å². The highest BCUT2D eigenvalue weighted by Gasteiger charge is 2.17. The maximum atomic E-state index is 11.0. The molecule has 0 fully saturated rings. The normalized spacial score (nSPS) is 12.8. The van der Waals surface area contributed by atoms with E-state index >= 15 is 0 Å². The van der Waals surface area contributed by atoms with Gasteiger partial charge in [-0.15, -0.1) is 0 Å². The van der Waals surface area contributed by atoms with Gasteiger partial charge in [0.2, 0.25) is 9.05 Å². The van der Waals surface area contributed by atoms with Crippen LogP contribution in [0.2, 0.25) is 0 Å². The van der Waals surface area contributed by atoms with Crippen molar-refractivity contribution >= 4 is 19.7 Å². The minimum absolute atomic E-state index is 0.0442. The number of rotatable bonds is 2. The number of phenolic OH excluding ortho intramolecular Hbond substituents is 1. The van der Waals surface area contributed by atoms with Gasteiger partial charge in [-0.25, -0.2) is 8.42 Å². The molecular formula is C11H15ClO3S. The fraction of sp³-hybridized carbons (Fsp3) is 0.455. The van der Waals surface area contributed by atoms with Crippen molar-refractivity contribution in [2.75, 3.05) is 0 Å². The fourth-order valence-corrected chi connectivity index (χ4v) is 2.31. The van der Waals surface area contributed by atoms with Crippen LogP contribution in [0.3, 0.4) is 0 Å². The van der Waals surface area contributed by atoms with E-state index in [1.807, 2.05) is 20.8 Å². The van der Waals surface area contributed by atoms with Crippen molar-refractivity contribution in [1.82, 2.24) is 0 Å². The third-order valence-corrected chi connectivity index (χ3v) is 3.26. The maximum Gasteiger partial charge on any atom is 0.236 e. The minimum Gasteiger partial charge on any atom is -0.508 e. The van der Waals surface area contributed by atoms with Gasteiger partial charge in [0.1, 0.15) is 5.75 Å². The van der Waals surface area contributed by atoms with Crippen LogP contribution < -0.4 is 0 Å². The van der Waals surface area contributed by atoms with Gasteiger partial charge in [-0.05, 0) is 17.0 Å². The summed E-state index contributed by atoms with van der Waals surface area (Å²) in [5.74, 6) is -0.401. The average Bonchev–Trinajstić information content (AvgIpc) is 2.04. The first-order valence-electron chi connectivity index (χ1n) is 4.84. The molecule has 1 aromatic rings. The van der Waals surface area contributed by atoms with Crippen molar-refractivity contribution < 1.29 is 13.5 Å². The Hall–Kier alpha value is -0.740. The van der Waals surface area contributed by atoms with E-state index in [-0.39, 0.29) is 16.9 Å². The maximum absolute atomic E-state index is 11.0. The standard InChI is InChI=1S/C11H15ClO3S/c1-11(2,3)9-4-5-10(13)8(6-9)7-16(12,14)15/h4-6,13H,7H2,1-3H3. The summed E-state index contributed by atoms with van der Waals surface area (Å²) in [6.07, 6.45) is 0. The molecule has 0 atom stereocenters. The SMILES string of the molecule is CC(C)(C)c1ccc(O)c(CS(=O)(=O)Cl)c1. The van der Waals surface area contributed by atoms with Crippen LogP contribution in [0.5, 0.6) is 5.75 Å². The second-order valence-electron chi connectivity index (χ2n) is 4.78. The van der Waals surface area contributed by atoms with Crippen LogP contribution in [0.1, 0.15) is 31.9 Å². The predicted molar refractivity (Wildman–Crippen MR) is 65.3 cm³/mol. The minimum atomic E-state index is -3.65. The second kappa shape index (κ2) is 4.26. The largest absolute Gasteiger partial charge is 0.508 e. The van der Waals surface area contributed by atoms with Crippen molar-refractivity contribution in [2.45, 2.75) is 31.9 Å². The van der Waals surface area contributed by atoms with E-state index in [9.17, 15) is 13.5 Å². The highest BCUT2D eigenvalue weighted by Crippen LogP contribution is 2.28. The molecule has 0 saturated heterocycles. The Morgan fingerprint density at radius 1 is 1.31 bits per heavy atom. The van der Waals surface area contributed by atoms with Gasteiger partial charge in [0.05, 0.1) is 5.75 Å². The molecule has 0 spiro atoms. The second-order valence-corrected chi connectivity index (χ2v) is 7.55. The van der Waals surface area contributed by atoms with Crippen molar-refractivity contribution in [3.05, 3.63) is 29.3 Å². The van der Waals surface area contributed by atoms with Gasteiger partial charge in [-0.1, -0.05) is 32.9 Å². The zero-order valence-electron chi connectivity index (χ0n) is 9.49. The lowest BCUT2D eigenvalue weighted by Gasteiger charge is -2.20. The molecule has 16 heavy (non-hydrogen) atoms. The first kappa shape index (κ1) is 13.3. The Kier molecular flexibility index (Phi) is 3.55. The molecule has 5 heteroatoms. The Bertz CT molecular complexity index is 486. The van der Waals surface area contributed by atoms with Crippen LogP contribution in [0.15, 0.2) is 18.2 Å². The molecule has 0 unspecified atom stereocenters. The molecule has 0 bridgehead atoms. The first-order valence-corrected chi connectivity index (χ1v) is 7.32. The van der Waals surface area contributed by atoms with Gasteiger partial charge in [0.15, 0.2) is 0 Å². The van der Waals surface area contributed by atoms with Gasteiger partial charge in [0, 0.05) is 16.2 Å². The van der Waals surface area contributed by atoms with E-state index in [1.165, 1.54) is 6.07 Å². The molecule has 0 aromatic heterocycles. The van der Waals surface area contributed by atoms with Crippen LogP contribution in [-0.2, 0) is 20.2 Å². The predicted octanol–water partition coefficient (Wildman–Crippen LogP) is 2.76. The van der Waals surface area contributed by atoms with Gasteiger partial charge < -0.3 is 5.11 Å². The highest BCUT2D eigenvalue weighted by molar-refractivity contribution is 8.13. The molecule has 0 amide bonds. The molecule has 3 nitrogen and oxygen atoms in total. The summed E-state index contributed by atoms with van der Waals surface area (Å²) in [7, 11) is 1.52. The van der Waals surface area contributed by atoms with Gasteiger partial charge in [0.25, 0.3) is 0 Å². The summed E-state index contributed by atoms with van der Waals surface area (Å²) in [6.45, 7) is 6.04. The van der Waals surface area contributed by atoms with E-state index in [0.29, 0.717) is 5.56 Å². The van der Waals surface area contributed by atoms with Crippen LogP contribution in [-0.4, -0.2) is 13.5 Å². The summed E-state index contributed by atoms with van der Waals surface area (Å²) < 4.78 is 21.9. The molecule has 1 aromatic carbocycles. The number of halogens is 1. The molecule has 0 aliphatic heterocycles. The van der Waals surface area contributed by atoms with Crippen LogP contribution in [0, 0.1) is 0 Å². The first-order chi connectivity index (χ1) is 7.09. The third-order valence-electron chi connectivity index (χ3n) is 2.27. The zero-order chi connectivity index (χ0) is 12.6. The van der Waals surface area contributed by atoms with Crippen molar-refractivity contribution in [1.29, 1.82) is 0 Å². The number of benzene rings is 1. The quantitative estimate of drug-likeness (QED) is 0.834. The molecule has 0 saturated carbocycles. The summed E-state index contributed by atoms with van der Waals surface area (Å²) in [6, 6.07) is 4.95. The van der Waals surface area contributed by atoms with E-state index in [4.69, 9.17) is 10.7 Å². The molecule has 0 heterocycles. The summed E-state index contributed by atoms with van der Waals surface area (Å²) in [4.78, 5) is 0. The Labute approximate surface area is 100 Å². The van der Waals surface area contributed by atoms with Crippen LogP contribution >= 0.6 is 10.7 Å². The number of phenols is 1. The molecular weight excluding hydrogens is 248 g/mol. The van der Waals surface area contributed by atoms with Gasteiger partial charge >= 0.3 is 0 Å².